The molecule has 1 atom stereocenters. The zero-order valence-corrected chi connectivity index (χ0v) is 14.8. The monoisotopic (exact) mass is 335 g/mol. The molecule has 0 aliphatic heterocycles. The zero-order chi connectivity index (χ0) is 17.7. The van der Waals surface area contributed by atoms with Crippen LogP contribution in [0.2, 0.25) is 0 Å². The van der Waals surface area contributed by atoms with Crippen LogP contribution in [0.25, 0.3) is 0 Å². The Morgan fingerprint density at radius 2 is 1.75 bits per heavy atom. The number of aromatic nitrogens is 2. The Kier molecular flexibility index (Phi) is 6.49. The van der Waals surface area contributed by atoms with E-state index in [1.54, 1.807) is 0 Å². The van der Waals surface area contributed by atoms with Crippen molar-refractivity contribution in [2.75, 3.05) is 0 Å². The van der Waals surface area contributed by atoms with Crippen LogP contribution in [-0.2, 0) is 13.0 Å². The van der Waals surface area contributed by atoms with Gasteiger partial charge in [-0.05, 0) is 29.4 Å². The lowest BCUT2D eigenvalue weighted by Crippen LogP contribution is -2.27. The van der Waals surface area contributed by atoms with Gasteiger partial charge in [0.1, 0.15) is 5.82 Å². The minimum Gasteiger partial charge on any atom is -0.303 e. The molecule has 0 radical (unpaired) electrons. The summed E-state index contributed by atoms with van der Waals surface area (Å²) in [4.78, 5) is 4.03. The third-order valence-corrected chi connectivity index (χ3v) is 4.09. The molecule has 1 unspecified atom stereocenters. The van der Waals surface area contributed by atoms with Crippen molar-refractivity contribution in [2.24, 2.45) is 11.8 Å². The summed E-state index contributed by atoms with van der Waals surface area (Å²) in [6, 6.07) is 8.68. The van der Waals surface area contributed by atoms with Crippen LogP contribution in [-0.4, -0.2) is 9.55 Å². The number of halogens is 2. The van der Waals surface area contributed by atoms with Crippen molar-refractivity contribution >= 4 is 0 Å². The molecule has 0 aliphatic carbocycles. The van der Waals surface area contributed by atoms with Crippen LogP contribution >= 0.6 is 0 Å². The van der Waals surface area contributed by atoms with Crippen LogP contribution in [0.4, 0.5) is 8.78 Å². The van der Waals surface area contributed by atoms with Crippen molar-refractivity contribution in [3.8, 4) is 0 Å². The molecular weight excluding hydrogens is 308 g/mol. The SMILES string of the molecule is CC(C)Cc1ccc(C(NCc2nccn2C(F)F)C(C)C)cc1. The molecule has 1 N–H and O–H groups in total. The largest absolute Gasteiger partial charge is 0.319 e. The highest BCUT2D eigenvalue weighted by atomic mass is 19.3. The number of alkyl halides is 2. The van der Waals surface area contributed by atoms with E-state index >= 15 is 0 Å². The quantitative estimate of drug-likeness (QED) is 0.738. The van der Waals surface area contributed by atoms with E-state index in [0.29, 0.717) is 24.2 Å². The van der Waals surface area contributed by atoms with E-state index in [2.05, 4.69) is 62.3 Å². The Balaban J connectivity index is 2.08. The minimum absolute atomic E-state index is 0.0981. The van der Waals surface area contributed by atoms with E-state index < -0.39 is 6.55 Å². The number of rotatable bonds is 8. The third kappa shape index (κ3) is 4.87. The first-order valence-corrected chi connectivity index (χ1v) is 8.50. The molecule has 0 bridgehead atoms. The van der Waals surface area contributed by atoms with Crippen LogP contribution in [0.3, 0.4) is 0 Å². The molecule has 2 rings (SSSR count). The van der Waals surface area contributed by atoms with Gasteiger partial charge in [-0.1, -0.05) is 52.0 Å². The smallest absolute Gasteiger partial charge is 0.303 e. The normalized spacial score (nSPS) is 13.2. The van der Waals surface area contributed by atoms with Crippen molar-refractivity contribution in [3.05, 3.63) is 53.6 Å². The number of hydrogen-bond acceptors (Lipinski definition) is 2. The topological polar surface area (TPSA) is 29.9 Å². The number of nitrogens with one attached hydrogen (secondary N) is 1. The molecule has 24 heavy (non-hydrogen) atoms. The first-order chi connectivity index (χ1) is 11.4. The molecule has 1 aromatic carbocycles. The fourth-order valence-corrected chi connectivity index (χ4v) is 2.93. The molecular formula is C19H27F2N3. The van der Waals surface area contributed by atoms with Crippen LogP contribution in [0.1, 0.15) is 57.2 Å². The Labute approximate surface area is 143 Å². The standard InChI is InChI=1S/C19H27F2N3/c1-13(2)11-15-5-7-16(8-6-15)18(14(3)4)23-12-17-22-9-10-24(17)19(20)21/h5-10,13-14,18-19,23H,11-12H2,1-4H3. The van der Waals surface area contributed by atoms with Crippen molar-refractivity contribution in [1.29, 1.82) is 0 Å². The van der Waals surface area contributed by atoms with Crippen LogP contribution in [0.15, 0.2) is 36.7 Å². The van der Waals surface area contributed by atoms with Gasteiger partial charge < -0.3 is 5.32 Å². The van der Waals surface area contributed by atoms with E-state index in [4.69, 9.17) is 0 Å². The number of imidazole rings is 1. The van der Waals surface area contributed by atoms with Gasteiger partial charge in [0.25, 0.3) is 0 Å². The molecule has 0 fully saturated rings. The van der Waals surface area contributed by atoms with Gasteiger partial charge in [-0.25, -0.2) is 4.98 Å². The fraction of sp³-hybridized carbons (Fsp3) is 0.526. The minimum atomic E-state index is -2.56. The van der Waals surface area contributed by atoms with Crippen molar-refractivity contribution in [1.82, 2.24) is 14.9 Å². The molecule has 1 aromatic heterocycles. The van der Waals surface area contributed by atoms with Crippen molar-refractivity contribution < 1.29 is 8.78 Å². The number of benzene rings is 1. The summed E-state index contributed by atoms with van der Waals surface area (Å²) in [5, 5.41) is 3.38. The fourth-order valence-electron chi connectivity index (χ4n) is 2.93. The van der Waals surface area contributed by atoms with Gasteiger partial charge in [-0.3, -0.25) is 4.57 Å². The van der Waals surface area contributed by atoms with Gasteiger partial charge >= 0.3 is 6.55 Å². The predicted octanol–water partition coefficient (Wildman–Crippen LogP) is 4.96. The maximum atomic E-state index is 12.9. The molecule has 0 saturated heterocycles. The molecule has 0 amide bonds. The second-order valence-corrected chi connectivity index (χ2v) is 6.97. The predicted molar refractivity (Wildman–Crippen MR) is 92.9 cm³/mol. The Morgan fingerprint density at radius 1 is 1.08 bits per heavy atom. The summed E-state index contributed by atoms with van der Waals surface area (Å²) in [6.45, 7) is 6.42. The third-order valence-electron chi connectivity index (χ3n) is 4.09. The van der Waals surface area contributed by atoms with Crippen LogP contribution in [0.5, 0.6) is 0 Å². The Bertz CT molecular complexity index is 618. The maximum absolute atomic E-state index is 12.9. The summed E-state index contributed by atoms with van der Waals surface area (Å²) in [6.07, 6.45) is 3.78. The lowest BCUT2D eigenvalue weighted by atomic mass is 9.94. The molecule has 132 valence electrons. The maximum Gasteiger partial charge on any atom is 0.319 e. The number of nitrogens with zero attached hydrogens (tertiary/aromatic N) is 2. The Hall–Kier alpha value is -1.75. The van der Waals surface area contributed by atoms with Crippen molar-refractivity contribution in [2.45, 2.75) is 53.3 Å². The second kappa shape index (κ2) is 8.38. The van der Waals surface area contributed by atoms with Gasteiger partial charge in [-0.15, -0.1) is 0 Å². The van der Waals surface area contributed by atoms with Gasteiger partial charge in [0.2, 0.25) is 0 Å². The van der Waals surface area contributed by atoms with Crippen molar-refractivity contribution in [3.63, 3.8) is 0 Å². The van der Waals surface area contributed by atoms with Gasteiger partial charge in [0.05, 0.1) is 6.54 Å². The highest BCUT2D eigenvalue weighted by Gasteiger charge is 2.18. The van der Waals surface area contributed by atoms with E-state index in [1.807, 2.05) is 0 Å². The highest BCUT2D eigenvalue weighted by molar-refractivity contribution is 5.25. The molecule has 0 spiro atoms. The summed E-state index contributed by atoms with van der Waals surface area (Å²) >= 11 is 0. The first kappa shape index (κ1) is 18.6. The summed E-state index contributed by atoms with van der Waals surface area (Å²) in [5.74, 6) is 1.33. The lowest BCUT2D eigenvalue weighted by Gasteiger charge is -2.23. The van der Waals surface area contributed by atoms with E-state index in [1.165, 1.54) is 23.5 Å². The van der Waals surface area contributed by atoms with Crippen LogP contribution < -0.4 is 5.32 Å². The average molecular weight is 335 g/mol. The molecule has 5 heteroatoms. The highest BCUT2D eigenvalue weighted by Crippen LogP contribution is 2.23. The van der Waals surface area contributed by atoms with E-state index in [9.17, 15) is 8.78 Å². The Morgan fingerprint density at radius 3 is 2.29 bits per heavy atom. The first-order valence-electron chi connectivity index (χ1n) is 8.50. The number of hydrogen-bond donors (Lipinski definition) is 1. The molecule has 2 aromatic rings. The summed E-state index contributed by atoms with van der Waals surface area (Å²) < 4.78 is 26.7. The molecule has 1 heterocycles. The molecule has 0 saturated carbocycles. The van der Waals surface area contributed by atoms with Gasteiger partial charge in [-0.2, -0.15) is 8.78 Å². The van der Waals surface area contributed by atoms with Crippen LogP contribution in [0, 0.1) is 11.8 Å². The van der Waals surface area contributed by atoms with E-state index in [0.717, 1.165) is 11.0 Å². The van der Waals surface area contributed by atoms with Gasteiger partial charge in [0.15, 0.2) is 0 Å². The molecule has 0 aliphatic rings. The molecule has 3 nitrogen and oxygen atoms in total. The van der Waals surface area contributed by atoms with Gasteiger partial charge in [0, 0.05) is 18.4 Å². The summed E-state index contributed by atoms with van der Waals surface area (Å²) in [5.41, 5.74) is 2.50. The van der Waals surface area contributed by atoms with E-state index in [-0.39, 0.29) is 6.04 Å². The average Bonchev–Trinajstić information content (AvgIpc) is 2.97. The second-order valence-electron chi connectivity index (χ2n) is 6.97. The summed E-state index contributed by atoms with van der Waals surface area (Å²) in [7, 11) is 0. The zero-order valence-electron chi connectivity index (χ0n) is 14.8. The lowest BCUT2D eigenvalue weighted by molar-refractivity contribution is 0.0664.